The molecule has 1 heterocycles. The Morgan fingerprint density at radius 1 is 1.17 bits per heavy atom. The van der Waals surface area contributed by atoms with Crippen molar-refractivity contribution >= 4 is 23.6 Å². The summed E-state index contributed by atoms with van der Waals surface area (Å²) in [5, 5.41) is 6.59. The molecule has 0 atom stereocenters. The molecule has 1 aromatic carbocycles. The summed E-state index contributed by atoms with van der Waals surface area (Å²) in [7, 11) is 0. The maximum absolute atomic E-state index is 11.8. The van der Waals surface area contributed by atoms with Crippen LogP contribution in [0.15, 0.2) is 64.3 Å². The van der Waals surface area contributed by atoms with E-state index in [4.69, 9.17) is 4.42 Å². The van der Waals surface area contributed by atoms with Crippen molar-refractivity contribution in [3.8, 4) is 0 Å². The summed E-state index contributed by atoms with van der Waals surface area (Å²) in [6.07, 6.45) is 5.02. The summed E-state index contributed by atoms with van der Waals surface area (Å²) in [4.78, 5) is 23.4. The number of amides is 2. The lowest BCUT2D eigenvalue weighted by Crippen LogP contribution is -2.34. The number of nitrogens with one attached hydrogen (secondary N) is 2. The van der Waals surface area contributed by atoms with Gasteiger partial charge in [-0.3, -0.25) is 9.59 Å². The minimum absolute atomic E-state index is 0.156. The van der Waals surface area contributed by atoms with E-state index in [0.717, 1.165) is 11.3 Å². The van der Waals surface area contributed by atoms with Gasteiger partial charge in [-0.25, -0.2) is 5.43 Å². The zero-order valence-corrected chi connectivity index (χ0v) is 13.4. The van der Waals surface area contributed by atoms with Crippen LogP contribution >= 0.6 is 0 Å². The molecule has 0 radical (unpaired) electrons. The number of benzene rings is 1. The van der Waals surface area contributed by atoms with Crippen LogP contribution in [0.2, 0.25) is 0 Å². The van der Waals surface area contributed by atoms with Gasteiger partial charge in [0.15, 0.2) is 0 Å². The van der Waals surface area contributed by atoms with Crippen molar-refractivity contribution in [3.63, 3.8) is 0 Å². The minimum Gasteiger partial charge on any atom is -0.465 e. The first-order chi connectivity index (χ1) is 11.7. The predicted molar refractivity (Wildman–Crippen MR) is 92.2 cm³/mol. The smallest absolute Gasteiger partial charge is 0.259 e. The number of carbonyl (C=O) groups is 2. The molecular weight excluding hydrogens is 306 g/mol. The van der Waals surface area contributed by atoms with Crippen LogP contribution in [-0.4, -0.2) is 24.1 Å². The molecule has 2 rings (SSSR count). The topological polar surface area (TPSA) is 83.7 Å². The second-order valence-electron chi connectivity index (χ2n) is 4.88. The van der Waals surface area contributed by atoms with Gasteiger partial charge in [-0.05, 0) is 30.2 Å². The van der Waals surface area contributed by atoms with Gasteiger partial charge < -0.3 is 9.73 Å². The van der Waals surface area contributed by atoms with E-state index in [-0.39, 0.29) is 12.5 Å². The molecule has 0 aliphatic heterocycles. The lowest BCUT2D eigenvalue weighted by Gasteiger charge is -2.05. The SMILES string of the molecule is CCC(=NNC(=O)CNC(=O)/C=C/c1ccco1)c1ccccc1. The van der Waals surface area contributed by atoms with Crippen LogP contribution < -0.4 is 10.7 Å². The highest BCUT2D eigenvalue weighted by Gasteiger charge is 2.04. The maximum atomic E-state index is 11.8. The van der Waals surface area contributed by atoms with Crippen LogP contribution in [0.3, 0.4) is 0 Å². The van der Waals surface area contributed by atoms with E-state index in [1.807, 2.05) is 37.3 Å². The van der Waals surface area contributed by atoms with Crippen molar-refractivity contribution in [2.45, 2.75) is 13.3 Å². The first kappa shape index (κ1) is 17.2. The fraction of sp³-hybridized carbons (Fsp3) is 0.167. The van der Waals surface area contributed by atoms with Crippen LogP contribution in [0.4, 0.5) is 0 Å². The van der Waals surface area contributed by atoms with Crippen molar-refractivity contribution < 1.29 is 14.0 Å². The van der Waals surface area contributed by atoms with E-state index in [1.54, 1.807) is 12.1 Å². The van der Waals surface area contributed by atoms with Gasteiger partial charge in [0.05, 0.1) is 18.5 Å². The Bertz CT molecular complexity index is 719. The molecule has 0 unspecified atom stereocenters. The molecule has 2 aromatic rings. The molecule has 6 nitrogen and oxygen atoms in total. The van der Waals surface area contributed by atoms with Crippen LogP contribution in [-0.2, 0) is 9.59 Å². The summed E-state index contributed by atoms with van der Waals surface area (Å²) in [6, 6.07) is 13.0. The van der Waals surface area contributed by atoms with Crippen LogP contribution in [0, 0.1) is 0 Å². The van der Waals surface area contributed by atoms with Gasteiger partial charge in [0.2, 0.25) is 5.91 Å². The lowest BCUT2D eigenvalue weighted by atomic mass is 10.1. The summed E-state index contributed by atoms with van der Waals surface area (Å²) in [5.74, 6) is -0.212. The van der Waals surface area contributed by atoms with Gasteiger partial charge in [0.25, 0.3) is 5.91 Å². The molecule has 6 heteroatoms. The zero-order chi connectivity index (χ0) is 17.2. The average Bonchev–Trinajstić information content (AvgIpc) is 3.13. The third-order valence-electron chi connectivity index (χ3n) is 3.12. The first-order valence-corrected chi connectivity index (χ1v) is 7.59. The highest BCUT2D eigenvalue weighted by Crippen LogP contribution is 2.03. The summed E-state index contributed by atoms with van der Waals surface area (Å²) < 4.78 is 5.06. The summed E-state index contributed by atoms with van der Waals surface area (Å²) >= 11 is 0. The summed E-state index contributed by atoms with van der Waals surface area (Å²) in [6.45, 7) is 1.80. The molecule has 24 heavy (non-hydrogen) atoms. The molecule has 0 bridgehead atoms. The van der Waals surface area contributed by atoms with Gasteiger partial charge in [0, 0.05) is 6.08 Å². The molecule has 0 spiro atoms. The number of hydrogen-bond donors (Lipinski definition) is 2. The minimum atomic E-state index is -0.392. The van der Waals surface area contributed by atoms with Crippen molar-refractivity contribution in [3.05, 3.63) is 66.1 Å². The fourth-order valence-corrected chi connectivity index (χ4v) is 1.92. The van der Waals surface area contributed by atoms with Crippen LogP contribution in [0.25, 0.3) is 6.08 Å². The van der Waals surface area contributed by atoms with E-state index < -0.39 is 5.91 Å². The monoisotopic (exact) mass is 325 g/mol. The Kier molecular flexibility index (Phi) is 6.52. The average molecular weight is 325 g/mol. The van der Waals surface area contributed by atoms with E-state index >= 15 is 0 Å². The zero-order valence-electron chi connectivity index (χ0n) is 13.4. The first-order valence-electron chi connectivity index (χ1n) is 7.59. The Hall–Kier alpha value is -3.15. The number of nitrogens with zero attached hydrogens (tertiary/aromatic N) is 1. The molecule has 2 amide bonds. The fourth-order valence-electron chi connectivity index (χ4n) is 1.92. The van der Waals surface area contributed by atoms with Crippen molar-refractivity contribution in [2.24, 2.45) is 5.10 Å². The highest BCUT2D eigenvalue weighted by atomic mass is 16.3. The van der Waals surface area contributed by atoms with Gasteiger partial charge in [-0.15, -0.1) is 0 Å². The Balaban J connectivity index is 1.80. The molecule has 0 aliphatic carbocycles. The highest BCUT2D eigenvalue weighted by molar-refractivity contribution is 6.01. The molecule has 0 saturated heterocycles. The quantitative estimate of drug-likeness (QED) is 0.465. The van der Waals surface area contributed by atoms with Gasteiger partial charge >= 0.3 is 0 Å². The maximum Gasteiger partial charge on any atom is 0.259 e. The number of rotatable bonds is 7. The van der Waals surface area contributed by atoms with Crippen molar-refractivity contribution in [1.82, 2.24) is 10.7 Å². The van der Waals surface area contributed by atoms with Crippen molar-refractivity contribution in [2.75, 3.05) is 6.54 Å². The van der Waals surface area contributed by atoms with Crippen LogP contribution in [0.5, 0.6) is 0 Å². The Morgan fingerprint density at radius 3 is 2.62 bits per heavy atom. The Morgan fingerprint density at radius 2 is 1.96 bits per heavy atom. The van der Waals surface area contributed by atoms with E-state index in [9.17, 15) is 9.59 Å². The Labute approximate surface area is 140 Å². The van der Waals surface area contributed by atoms with Gasteiger partial charge in [-0.1, -0.05) is 37.3 Å². The number of furan rings is 1. The van der Waals surface area contributed by atoms with E-state index in [1.165, 1.54) is 18.4 Å². The number of hydrogen-bond acceptors (Lipinski definition) is 4. The van der Waals surface area contributed by atoms with E-state index in [0.29, 0.717) is 12.2 Å². The molecule has 0 fully saturated rings. The number of hydrazone groups is 1. The predicted octanol–water partition coefficient (Wildman–Crippen LogP) is 2.34. The van der Waals surface area contributed by atoms with E-state index in [2.05, 4.69) is 15.8 Å². The number of carbonyl (C=O) groups excluding carboxylic acids is 2. The third kappa shape index (κ3) is 5.57. The molecule has 1 aromatic heterocycles. The molecule has 2 N–H and O–H groups in total. The largest absolute Gasteiger partial charge is 0.465 e. The second kappa shape index (κ2) is 9.09. The van der Waals surface area contributed by atoms with Crippen molar-refractivity contribution in [1.29, 1.82) is 0 Å². The second-order valence-corrected chi connectivity index (χ2v) is 4.88. The molecule has 124 valence electrons. The van der Waals surface area contributed by atoms with Gasteiger partial charge in [0.1, 0.15) is 5.76 Å². The summed E-state index contributed by atoms with van der Waals surface area (Å²) in [5.41, 5.74) is 4.17. The van der Waals surface area contributed by atoms with Crippen LogP contribution in [0.1, 0.15) is 24.7 Å². The molecule has 0 saturated carbocycles. The third-order valence-corrected chi connectivity index (χ3v) is 3.12. The molecule has 0 aliphatic rings. The van der Waals surface area contributed by atoms with Gasteiger partial charge in [-0.2, -0.15) is 5.10 Å². The normalized spacial score (nSPS) is 11.5. The standard InChI is InChI=1S/C18H19N3O3/c1-2-16(14-7-4-3-5-8-14)20-21-18(23)13-19-17(22)11-10-15-9-6-12-24-15/h3-12H,2,13H2,1H3,(H,19,22)(H,21,23)/b11-10+,20-16?. The molecular formula is C18H19N3O3. The lowest BCUT2D eigenvalue weighted by molar-refractivity contribution is -0.123.